The van der Waals surface area contributed by atoms with Crippen LogP contribution in [0.2, 0.25) is 0 Å². The highest BCUT2D eigenvalue weighted by atomic mass is 79.9. The van der Waals surface area contributed by atoms with Crippen molar-refractivity contribution < 1.29 is 9.59 Å². The molecule has 0 saturated heterocycles. The van der Waals surface area contributed by atoms with Crippen LogP contribution >= 0.6 is 15.9 Å². The van der Waals surface area contributed by atoms with Crippen molar-refractivity contribution in [2.24, 2.45) is 5.92 Å². The Morgan fingerprint density at radius 1 is 1.30 bits per heavy atom. The van der Waals surface area contributed by atoms with Gasteiger partial charge in [0.1, 0.15) is 0 Å². The van der Waals surface area contributed by atoms with Crippen molar-refractivity contribution in [1.82, 2.24) is 0 Å². The zero-order valence-corrected chi connectivity index (χ0v) is 13.0. The van der Waals surface area contributed by atoms with Crippen LogP contribution in [-0.4, -0.2) is 25.3 Å². The number of anilines is 2. The van der Waals surface area contributed by atoms with Gasteiger partial charge >= 0.3 is 0 Å². The number of rotatable bonds is 3. The van der Waals surface area contributed by atoms with Gasteiger partial charge in [-0.3, -0.25) is 9.59 Å². The summed E-state index contributed by atoms with van der Waals surface area (Å²) in [7, 11) is 2.06. The third-order valence-electron chi connectivity index (χ3n) is 4.20. The summed E-state index contributed by atoms with van der Waals surface area (Å²) >= 11 is 3.51. The minimum absolute atomic E-state index is 0.453. The summed E-state index contributed by atoms with van der Waals surface area (Å²) in [4.78, 5) is 25.3. The van der Waals surface area contributed by atoms with E-state index < -0.39 is 11.7 Å². The quantitative estimate of drug-likeness (QED) is 0.862. The molecule has 0 aromatic heterocycles. The molecule has 5 heteroatoms. The summed E-state index contributed by atoms with van der Waals surface area (Å²) in [5.41, 5.74) is 2.10. The maximum atomic E-state index is 11.7. The molecule has 3 rings (SSSR count). The number of hydrogen-bond donors (Lipinski definition) is 1. The molecule has 0 unspecified atom stereocenters. The van der Waals surface area contributed by atoms with Crippen molar-refractivity contribution in [3.63, 3.8) is 0 Å². The minimum atomic E-state index is -0.539. The van der Waals surface area contributed by atoms with E-state index in [9.17, 15) is 9.59 Å². The lowest BCUT2D eigenvalue weighted by molar-refractivity contribution is -0.112. The van der Waals surface area contributed by atoms with Gasteiger partial charge in [-0.05, 0) is 46.8 Å². The number of nitrogens with zero attached hydrogens (tertiary/aromatic N) is 1. The monoisotopic (exact) mass is 336 g/mol. The molecular formula is C15H17BrN2O2. The van der Waals surface area contributed by atoms with Crippen molar-refractivity contribution in [2.75, 3.05) is 23.8 Å². The van der Waals surface area contributed by atoms with Crippen LogP contribution in [-0.2, 0) is 4.79 Å². The Labute approximate surface area is 126 Å². The number of ketones is 1. The molecule has 1 aromatic carbocycles. The Kier molecular flexibility index (Phi) is 3.54. The van der Waals surface area contributed by atoms with Gasteiger partial charge in [-0.1, -0.05) is 12.8 Å². The first-order valence-corrected chi connectivity index (χ1v) is 7.76. The molecule has 1 aromatic rings. The number of amides is 1. The van der Waals surface area contributed by atoms with E-state index in [1.165, 1.54) is 25.7 Å². The second kappa shape index (κ2) is 5.20. The van der Waals surface area contributed by atoms with Gasteiger partial charge in [-0.25, -0.2) is 0 Å². The first kappa shape index (κ1) is 13.6. The van der Waals surface area contributed by atoms with Gasteiger partial charge in [0.2, 0.25) is 0 Å². The molecule has 1 fully saturated rings. The Balaban J connectivity index is 1.85. The predicted molar refractivity (Wildman–Crippen MR) is 82.3 cm³/mol. The van der Waals surface area contributed by atoms with Crippen LogP contribution in [0.1, 0.15) is 36.0 Å². The van der Waals surface area contributed by atoms with Crippen LogP contribution in [0.25, 0.3) is 0 Å². The molecule has 0 spiro atoms. The zero-order valence-electron chi connectivity index (χ0n) is 11.4. The van der Waals surface area contributed by atoms with Crippen molar-refractivity contribution >= 4 is 39.0 Å². The summed E-state index contributed by atoms with van der Waals surface area (Å²) in [6.45, 7) is 1.01. The highest BCUT2D eigenvalue weighted by Gasteiger charge is 2.29. The van der Waals surface area contributed by atoms with E-state index in [0.29, 0.717) is 11.3 Å². The van der Waals surface area contributed by atoms with Gasteiger partial charge in [0.05, 0.1) is 16.9 Å². The number of benzene rings is 1. The SMILES string of the molecule is CN(CC1CCCC1)c1cc2c(cc1Br)C(=O)C(=O)N2. The van der Waals surface area contributed by atoms with Gasteiger partial charge in [0, 0.05) is 18.1 Å². The summed E-state index contributed by atoms with van der Waals surface area (Å²) in [5, 5.41) is 2.63. The molecule has 1 aliphatic carbocycles. The van der Waals surface area contributed by atoms with Crippen molar-refractivity contribution in [2.45, 2.75) is 25.7 Å². The first-order chi connectivity index (χ1) is 9.56. The molecule has 0 atom stereocenters. The largest absolute Gasteiger partial charge is 0.373 e. The summed E-state index contributed by atoms with van der Waals surface area (Å²) in [6.07, 6.45) is 5.24. The topological polar surface area (TPSA) is 49.4 Å². The highest BCUT2D eigenvalue weighted by molar-refractivity contribution is 9.10. The number of carbonyl (C=O) groups is 2. The van der Waals surface area contributed by atoms with Gasteiger partial charge in [0.25, 0.3) is 11.7 Å². The molecule has 0 radical (unpaired) electrons. The molecule has 1 aliphatic heterocycles. The number of nitrogens with one attached hydrogen (secondary N) is 1. The Morgan fingerprint density at radius 2 is 2.00 bits per heavy atom. The van der Waals surface area contributed by atoms with E-state index in [1.54, 1.807) is 6.07 Å². The van der Waals surface area contributed by atoms with Gasteiger partial charge < -0.3 is 10.2 Å². The fourth-order valence-corrected chi connectivity index (χ4v) is 3.77. The molecule has 20 heavy (non-hydrogen) atoms. The highest BCUT2D eigenvalue weighted by Crippen LogP contribution is 2.36. The average Bonchev–Trinajstić information content (AvgIpc) is 3.00. The van der Waals surface area contributed by atoms with Crippen LogP contribution in [0, 0.1) is 5.92 Å². The fourth-order valence-electron chi connectivity index (χ4n) is 3.13. The van der Waals surface area contributed by atoms with E-state index in [0.717, 1.165) is 22.6 Å². The van der Waals surface area contributed by atoms with Crippen LogP contribution in [0.15, 0.2) is 16.6 Å². The molecule has 4 nitrogen and oxygen atoms in total. The number of halogens is 1. The Hall–Kier alpha value is -1.36. The Bertz CT molecular complexity index is 579. The lowest BCUT2D eigenvalue weighted by atomic mass is 10.1. The third-order valence-corrected chi connectivity index (χ3v) is 4.84. The molecular weight excluding hydrogens is 320 g/mol. The summed E-state index contributed by atoms with van der Waals surface area (Å²) < 4.78 is 0.863. The van der Waals surface area contributed by atoms with Gasteiger partial charge in [-0.15, -0.1) is 0 Å². The standard InChI is InChI=1S/C15H17BrN2O2/c1-18(8-9-4-2-3-5-9)13-7-12-10(6-11(13)16)14(19)15(20)17-12/h6-7,9H,2-5,8H2,1H3,(H,17,19,20). The van der Waals surface area contributed by atoms with E-state index in [2.05, 4.69) is 33.2 Å². The number of hydrogen-bond acceptors (Lipinski definition) is 3. The van der Waals surface area contributed by atoms with Gasteiger partial charge in [-0.2, -0.15) is 0 Å². The zero-order chi connectivity index (χ0) is 14.3. The molecule has 1 heterocycles. The summed E-state index contributed by atoms with van der Waals surface area (Å²) in [6, 6.07) is 3.63. The number of fused-ring (bicyclic) bond motifs is 1. The summed E-state index contributed by atoms with van der Waals surface area (Å²) in [5.74, 6) is -0.246. The van der Waals surface area contributed by atoms with Crippen molar-refractivity contribution in [1.29, 1.82) is 0 Å². The van der Waals surface area contributed by atoms with Crippen LogP contribution in [0.5, 0.6) is 0 Å². The predicted octanol–water partition coefficient (Wildman–Crippen LogP) is 3.21. The first-order valence-electron chi connectivity index (χ1n) is 6.96. The van der Waals surface area contributed by atoms with Crippen molar-refractivity contribution in [3.05, 3.63) is 22.2 Å². The van der Waals surface area contributed by atoms with E-state index in [1.807, 2.05) is 6.07 Å². The van der Waals surface area contributed by atoms with Crippen molar-refractivity contribution in [3.8, 4) is 0 Å². The normalized spacial score (nSPS) is 18.3. The maximum Gasteiger partial charge on any atom is 0.296 e. The lowest BCUT2D eigenvalue weighted by Crippen LogP contribution is -2.24. The van der Waals surface area contributed by atoms with E-state index in [4.69, 9.17) is 0 Å². The smallest absolute Gasteiger partial charge is 0.296 e. The van der Waals surface area contributed by atoms with Gasteiger partial charge in [0.15, 0.2) is 0 Å². The molecule has 2 aliphatic rings. The maximum absolute atomic E-state index is 11.7. The van der Waals surface area contributed by atoms with Crippen LogP contribution in [0.4, 0.5) is 11.4 Å². The Morgan fingerprint density at radius 3 is 2.70 bits per heavy atom. The van der Waals surface area contributed by atoms with Crippen LogP contribution < -0.4 is 10.2 Å². The van der Waals surface area contributed by atoms with E-state index >= 15 is 0 Å². The number of carbonyl (C=O) groups excluding carboxylic acids is 2. The molecule has 1 amide bonds. The fraction of sp³-hybridized carbons (Fsp3) is 0.467. The molecule has 106 valence electrons. The number of Topliss-reactive ketones (excluding diaryl/α,β-unsaturated/α-hetero) is 1. The average molecular weight is 337 g/mol. The van der Waals surface area contributed by atoms with E-state index in [-0.39, 0.29) is 0 Å². The lowest BCUT2D eigenvalue weighted by Gasteiger charge is -2.24. The third kappa shape index (κ3) is 2.35. The minimum Gasteiger partial charge on any atom is -0.373 e. The molecule has 1 saturated carbocycles. The molecule has 1 N–H and O–H groups in total. The second-order valence-electron chi connectivity index (χ2n) is 5.66. The van der Waals surface area contributed by atoms with Crippen LogP contribution in [0.3, 0.4) is 0 Å². The second-order valence-corrected chi connectivity index (χ2v) is 6.52. The molecule has 0 bridgehead atoms.